The predicted octanol–water partition coefficient (Wildman–Crippen LogP) is 2.08. The highest BCUT2D eigenvalue weighted by Gasteiger charge is 2.14. The van der Waals surface area contributed by atoms with E-state index in [-0.39, 0.29) is 0 Å². The number of hydrogen-bond acceptors (Lipinski definition) is 3. The molecule has 0 saturated carbocycles. The quantitative estimate of drug-likeness (QED) is 0.546. The molecule has 1 aliphatic rings. The van der Waals surface area contributed by atoms with Crippen LogP contribution in [0, 0.1) is 0 Å². The maximum Gasteiger partial charge on any atom is 0.191 e. The first-order valence-corrected chi connectivity index (χ1v) is 9.80. The van der Waals surface area contributed by atoms with Gasteiger partial charge in [-0.05, 0) is 37.6 Å². The predicted molar refractivity (Wildman–Crippen MR) is 108 cm³/mol. The average molecular weight is 366 g/mol. The van der Waals surface area contributed by atoms with Crippen molar-refractivity contribution in [2.75, 3.05) is 58.9 Å². The van der Waals surface area contributed by atoms with Gasteiger partial charge in [-0.15, -0.1) is 0 Å². The first-order chi connectivity index (χ1) is 12.2. The molecule has 5 nitrogen and oxygen atoms in total. The summed E-state index contributed by atoms with van der Waals surface area (Å²) in [5.41, 5.74) is 1.28. The van der Waals surface area contributed by atoms with E-state index in [4.69, 9.17) is 16.6 Å². The van der Waals surface area contributed by atoms with Crippen LogP contribution in [0.5, 0.6) is 0 Å². The number of hydrogen-bond donors (Lipinski definition) is 2. The van der Waals surface area contributed by atoms with Crippen LogP contribution in [0.25, 0.3) is 0 Å². The number of benzene rings is 1. The lowest BCUT2D eigenvalue weighted by Crippen LogP contribution is -2.47. The number of nitrogens with one attached hydrogen (secondary N) is 2. The number of halogens is 1. The third kappa shape index (κ3) is 7.63. The van der Waals surface area contributed by atoms with Gasteiger partial charge in [0, 0.05) is 50.8 Å². The first kappa shape index (κ1) is 20.0. The molecule has 0 radical (unpaired) electrons. The molecule has 1 aromatic carbocycles. The summed E-state index contributed by atoms with van der Waals surface area (Å²) >= 11 is 5.92. The minimum Gasteiger partial charge on any atom is -0.357 e. The number of rotatable bonds is 8. The zero-order valence-electron chi connectivity index (χ0n) is 15.6. The Labute approximate surface area is 157 Å². The van der Waals surface area contributed by atoms with Crippen molar-refractivity contribution < 1.29 is 0 Å². The monoisotopic (exact) mass is 365 g/mol. The molecule has 2 N–H and O–H groups in total. The molecular weight excluding hydrogens is 334 g/mol. The molecule has 140 valence electrons. The molecule has 6 heteroatoms. The summed E-state index contributed by atoms with van der Waals surface area (Å²) in [7, 11) is 0. The molecule has 0 spiro atoms. The topological polar surface area (TPSA) is 42.9 Å². The average Bonchev–Trinajstić information content (AvgIpc) is 2.64. The van der Waals surface area contributed by atoms with Crippen molar-refractivity contribution in [1.29, 1.82) is 0 Å². The molecule has 0 unspecified atom stereocenters. The van der Waals surface area contributed by atoms with Gasteiger partial charge in [-0.2, -0.15) is 0 Å². The standard InChI is InChI=1S/C19H32ClN5/c1-3-21-19(22-10-9-17-5-7-18(20)8-6-17)23-11-12-25-15-13-24(4-2)14-16-25/h5-8H,3-4,9-16H2,1-2H3,(H2,21,22,23). The maximum atomic E-state index is 5.92. The van der Waals surface area contributed by atoms with Crippen LogP contribution < -0.4 is 10.6 Å². The Balaban J connectivity index is 1.69. The molecule has 0 atom stereocenters. The molecule has 1 aliphatic heterocycles. The van der Waals surface area contributed by atoms with Gasteiger partial charge in [0.15, 0.2) is 5.96 Å². The van der Waals surface area contributed by atoms with Crippen LogP contribution in [0.15, 0.2) is 29.3 Å². The van der Waals surface area contributed by atoms with Gasteiger partial charge in [-0.25, -0.2) is 0 Å². The van der Waals surface area contributed by atoms with E-state index in [0.29, 0.717) is 0 Å². The van der Waals surface area contributed by atoms with Crippen LogP contribution in [0.4, 0.5) is 0 Å². The summed E-state index contributed by atoms with van der Waals surface area (Å²) in [4.78, 5) is 9.72. The molecule has 1 aromatic rings. The van der Waals surface area contributed by atoms with Gasteiger partial charge in [0.1, 0.15) is 0 Å². The second-order valence-electron chi connectivity index (χ2n) is 6.34. The van der Waals surface area contributed by atoms with E-state index in [1.807, 2.05) is 12.1 Å². The van der Waals surface area contributed by atoms with Crippen LogP contribution in [0.3, 0.4) is 0 Å². The lowest BCUT2D eigenvalue weighted by atomic mass is 10.1. The fourth-order valence-corrected chi connectivity index (χ4v) is 3.08. The molecule has 1 heterocycles. The van der Waals surface area contributed by atoms with E-state index >= 15 is 0 Å². The summed E-state index contributed by atoms with van der Waals surface area (Å²) in [5, 5.41) is 7.52. The molecule has 2 rings (SSSR count). The van der Waals surface area contributed by atoms with E-state index < -0.39 is 0 Å². The largest absolute Gasteiger partial charge is 0.357 e. The van der Waals surface area contributed by atoms with E-state index in [1.165, 1.54) is 18.7 Å². The molecule has 0 aliphatic carbocycles. The molecule has 0 bridgehead atoms. The SMILES string of the molecule is CCNC(=NCCN1CCN(CC)CC1)NCCc1ccc(Cl)cc1. The molecule has 1 fully saturated rings. The van der Waals surface area contributed by atoms with Crippen LogP contribution in [0.1, 0.15) is 19.4 Å². The van der Waals surface area contributed by atoms with Crippen LogP contribution in [-0.2, 0) is 6.42 Å². The second-order valence-corrected chi connectivity index (χ2v) is 6.78. The van der Waals surface area contributed by atoms with Crippen molar-refractivity contribution in [2.24, 2.45) is 4.99 Å². The van der Waals surface area contributed by atoms with Crippen LogP contribution in [-0.4, -0.2) is 74.7 Å². The van der Waals surface area contributed by atoms with Crippen LogP contribution >= 0.6 is 11.6 Å². The number of piperazine rings is 1. The maximum absolute atomic E-state index is 5.92. The lowest BCUT2D eigenvalue weighted by Gasteiger charge is -2.33. The fraction of sp³-hybridized carbons (Fsp3) is 0.632. The van der Waals surface area contributed by atoms with Gasteiger partial charge in [0.05, 0.1) is 6.54 Å². The summed E-state index contributed by atoms with van der Waals surface area (Å²) in [6.45, 7) is 13.8. The van der Waals surface area contributed by atoms with Crippen molar-refractivity contribution in [2.45, 2.75) is 20.3 Å². The molecular formula is C19H32ClN5. The first-order valence-electron chi connectivity index (χ1n) is 9.42. The van der Waals surface area contributed by atoms with E-state index in [9.17, 15) is 0 Å². The van der Waals surface area contributed by atoms with Gasteiger partial charge < -0.3 is 15.5 Å². The Morgan fingerprint density at radius 1 is 1.04 bits per heavy atom. The summed E-state index contributed by atoms with van der Waals surface area (Å²) in [5.74, 6) is 0.906. The zero-order chi connectivity index (χ0) is 17.9. The number of nitrogens with zero attached hydrogens (tertiary/aromatic N) is 3. The number of guanidine groups is 1. The van der Waals surface area contributed by atoms with Gasteiger partial charge in [-0.1, -0.05) is 30.7 Å². The van der Waals surface area contributed by atoms with E-state index in [1.54, 1.807) is 0 Å². The van der Waals surface area contributed by atoms with Crippen molar-refractivity contribution in [1.82, 2.24) is 20.4 Å². The van der Waals surface area contributed by atoms with Crippen molar-refractivity contribution in [3.63, 3.8) is 0 Å². The highest BCUT2D eigenvalue weighted by molar-refractivity contribution is 6.30. The molecule has 25 heavy (non-hydrogen) atoms. The van der Waals surface area contributed by atoms with Crippen molar-refractivity contribution in [3.05, 3.63) is 34.9 Å². The second kappa shape index (κ2) is 11.3. The lowest BCUT2D eigenvalue weighted by molar-refractivity contribution is 0.140. The number of likely N-dealkylation sites (N-methyl/N-ethyl adjacent to an activating group) is 1. The molecule has 0 aromatic heterocycles. The normalized spacial score (nSPS) is 16.8. The Bertz CT molecular complexity index is 509. The smallest absolute Gasteiger partial charge is 0.191 e. The molecule has 0 amide bonds. The van der Waals surface area contributed by atoms with Gasteiger partial charge in [0.2, 0.25) is 0 Å². The minimum absolute atomic E-state index is 0.784. The highest BCUT2D eigenvalue weighted by Crippen LogP contribution is 2.09. The third-order valence-electron chi connectivity index (χ3n) is 4.56. The Morgan fingerprint density at radius 2 is 1.72 bits per heavy atom. The minimum atomic E-state index is 0.784. The van der Waals surface area contributed by atoms with Gasteiger partial charge >= 0.3 is 0 Å². The third-order valence-corrected chi connectivity index (χ3v) is 4.81. The van der Waals surface area contributed by atoms with Crippen molar-refractivity contribution in [3.8, 4) is 0 Å². The fourth-order valence-electron chi connectivity index (χ4n) is 2.95. The zero-order valence-corrected chi connectivity index (χ0v) is 16.4. The highest BCUT2D eigenvalue weighted by atomic mass is 35.5. The van der Waals surface area contributed by atoms with Gasteiger partial charge in [-0.3, -0.25) is 9.89 Å². The number of aliphatic imine (C=N–C) groups is 1. The Hall–Kier alpha value is -1.30. The van der Waals surface area contributed by atoms with Crippen LogP contribution in [0.2, 0.25) is 5.02 Å². The van der Waals surface area contributed by atoms with E-state index in [0.717, 1.165) is 63.2 Å². The Morgan fingerprint density at radius 3 is 2.36 bits per heavy atom. The molecule has 1 saturated heterocycles. The summed E-state index contributed by atoms with van der Waals surface area (Å²) < 4.78 is 0. The Kier molecular flexibility index (Phi) is 9.08. The van der Waals surface area contributed by atoms with Crippen molar-refractivity contribution >= 4 is 17.6 Å². The van der Waals surface area contributed by atoms with Gasteiger partial charge in [0.25, 0.3) is 0 Å². The summed E-state index contributed by atoms with van der Waals surface area (Å²) in [6.07, 6.45) is 0.959. The van der Waals surface area contributed by atoms with E-state index in [2.05, 4.69) is 46.4 Å². The summed E-state index contributed by atoms with van der Waals surface area (Å²) in [6, 6.07) is 8.02.